The van der Waals surface area contributed by atoms with E-state index in [0.717, 1.165) is 11.1 Å². The maximum atomic E-state index is 13.2. The van der Waals surface area contributed by atoms with Gasteiger partial charge in [0.25, 0.3) is 0 Å². The van der Waals surface area contributed by atoms with Crippen molar-refractivity contribution in [1.29, 1.82) is 0 Å². The molecule has 1 saturated heterocycles. The Labute approximate surface area is 241 Å². The molecule has 3 aromatic carbocycles. The monoisotopic (exact) mass is 578 g/mol. The van der Waals surface area contributed by atoms with E-state index in [0.29, 0.717) is 18.1 Å². The molecule has 1 fully saturated rings. The second kappa shape index (κ2) is 12.9. The molecular formula is C31H27ClO9. The van der Waals surface area contributed by atoms with E-state index in [1.807, 2.05) is 19.1 Å². The molecule has 4 atom stereocenters. The SMILES string of the molecule is CC1=CCOc2cc(O[C@@H]3OC[C@@H](OC(=O)CCl)[C@H](OC(=O)c4ccccc4)[C@H]3OC(=O)c3ccccc3)ccc21. The number of allylic oxidation sites excluding steroid dienone is 1. The first-order chi connectivity index (χ1) is 19.9. The summed E-state index contributed by atoms with van der Waals surface area (Å²) in [5.74, 6) is -1.64. The fourth-order valence-electron chi connectivity index (χ4n) is 4.47. The average Bonchev–Trinajstić information content (AvgIpc) is 3.00. The lowest BCUT2D eigenvalue weighted by Gasteiger charge is -2.40. The van der Waals surface area contributed by atoms with Gasteiger partial charge in [-0.1, -0.05) is 36.4 Å². The summed E-state index contributed by atoms with van der Waals surface area (Å²) < 4.78 is 34.9. The van der Waals surface area contributed by atoms with E-state index in [1.165, 1.54) is 0 Å². The predicted octanol–water partition coefficient (Wildman–Crippen LogP) is 4.82. The number of fused-ring (bicyclic) bond motifs is 1. The van der Waals surface area contributed by atoms with Crippen LogP contribution in [0.2, 0.25) is 0 Å². The highest BCUT2D eigenvalue weighted by Gasteiger charge is 2.49. The Morgan fingerprint density at radius 3 is 2.12 bits per heavy atom. The number of carbonyl (C=O) groups excluding carboxylic acids is 3. The minimum atomic E-state index is -1.34. The van der Waals surface area contributed by atoms with Crippen LogP contribution in [0.3, 0.4) is 0 Å². The summed E-state index contributed by atoms with van der Waals surface area (Å²) in [6.45, 7) is 2.19. The van der Waals surface area contributed by atoms with Crippen molar-refractivity contribution in [3.63, 3.8) is 0 Å². The van der Waals surface area contributed by atoms with Crippen LogP contribution in [0.4, 0.5) is 0 Å². The maximum absolute atomic E-state index is 13.2. The van der Waals surface area contributed by atoms with Crippen LogP contribution < -0.4 is 9.47 Å². The lowest BCUT2D eigenvalue weighted by Crippen LogP contribution is -2.59. The molecule has 0 bridgehead atoms. The van der Waals surface area contributed by atoms with Crippen LogP contribution in [0.1, 0.15) is 33.2 Å². The second-order valence-electron chi connectivity index (χ2n) is 9.31. The molecule has 0 aromatic heterocycles. The van der Waals surface area contributed by atoms with Crippen LogP contribution in [0.25, 0.3) is 5.57 Å². The summed E-state index contributed by atoms with van der Waals surface area (Å²) >= 11 is 5.68. The number of carbonyl (C=O) groups is 3. The Balaban J connectivity index is 1.47. The van der Waals surface area contributed by atoms with Gasteiger partial charge in [-0.05, 0) is 55.0 Å². The highest BCUT2D eigenvalue weighted by atomic mass is 35.5. The largest absolute Gasteiger partial charge is 0.489 e. The smallest absolute Gasteiger partial charge is 0.338 e. The second-order valence-corrected chi connectivity index (χ2v) is 9.58. The molecule has 0 amide bonds. The number of ether oxygens (including phenoxy) is 6. The molecule has 5 rings (SSSR count). The zero-order chi connectivity index (χ0) is 28.8. The summed E-state index contributed by atoms with van der Waals surface area (Å²) in [4.78, 5) is 38.5. The van der Waals surface area contributed by atoms with Gasteiger partial charge in [-0.25, -0.2) is 9.59 Å². The summed E-state index contributed by atoms with van der Waals surface area (Å²) in [7, 11) is 0. The van der Waals surface area contributed by atoms with Crippen LogP contribution in [-0.2, 0) is 23.7 Å². The average molecular weight is 579 g/mol. The van der Waals surface area contributed by atoms with E-state index in [-0.39, 0.29) is 17.7 Å². The molecule has 3 aromatic rings. The Hall–Kier alpha value is -4.34. The molecule has 41 heavy (non-hydrogen) atoms. The third-order valence-corrected chi connectivity index (χ3v) is 6.76. The van der Waals surface area contributed by atoms with Gasteiger partial charge < -0.3 is 28.4 Å². The van der Waals surface area contributed by atoms with Crippen molar-refractivity contribution in [2.45, 2.75) is 31.5 Å². The standard InChI is InChI=1S/C31H27ClO9/c1-19-14-15-36-24-16-22(12-13-23(19)24)38-31-28(41-30(35)21-10-6-3-7-11-21)27(25(18-37-31)39-26(33)17-32)40-29(34)20-8-4-2-5-9-20/h2-14,16,25,27-28,31H,15,17-18H2,1H3/t25-,27+,28-,31+/m1/s1. The first-order valence-electron chi connectivity index (χ1n) is 12.9. The Morgan fingerprint density at radius 1 is 0.854 bits per heavy atom. The lowest BCUT2D eigenvalue weighted by atomic mass is 10.0. The van der Waals surface area contributed by atoms with Crippen LogP contribution in [0.5, 0.6) is 11.5 Å². The van der Waals surface area contributed by atoms with Gasteiger partial charge in [0.2, 0.25) is 12.4 Å². The zero-order valence-electron chi connectivity index (χ0n) is 22.1. The lowest BCUT2D eigenvalue weighted by molar-refractivity contribution is -0.247. The number of hydrogen-bond acceptors (Lipinski definition) is 9. The van der Waals surface area contributed by atoms with Crippen molar-refractivity contribution in [3.05, 3.63) is 102 Å². The summed E-state index contributed by atoms with van der Waals surface area (Å²) in [6, 6.07) is 21.8. The molecule has 0 radical (unpaired) electrons. The highest BCUT2D eigenvalue weighted by Crippen LogP contribution is 2.35. The molecule has 2 aliphatic rings. The van der Waals surface area contributed by atoms with E-state index in [4.69, 9.17) is 40.0 Å². The van der Waals surface area contributed by atoms with Crippen LogP contribution >= 0.6 is 11.6 Å². The molecule has 9 nitrogen and oxygen atoms in total. The highest BCUT2D eigenvalue weighted by molar-refractivity contribution is 6.26. The summed E-state index contributed by atoms with van der Waals surface area (Å²) in [6.07, 6.45) is -3.03. The predicted molar refractivity (Wildman–Crippen MR) is 148 cm³/mol. The molecular weight excluding hydrogens is 552 g/mol. The van der Waals surface area contributed by atoms with Gasteiger partial charge in [-0.3, -0.25) is 4.79 Å². The molecule has 2 heterocycles. The minimum absolute atomic E-state index is 0.220. The minimum Gasteiger partial charge on any atom is -0.489 e. The van der Waals surface area contributed by atoms with E-state index in [1.54, 1.807) is 72.8 Å². The van der Waals surface area contributed by atoms with Crippen molar-refractivity contribution in [2.24, 2.45) is 0 Å². The van der Waals surface area contributed by atoms with E-state index < -0.39 is 48.4 Å². The molecule has 0 saturated carbocycles. The summed E-state index contributed by atoms with van der Waals surface area (Å²) in [5.41, 5.74) is 2.49. The van der Waals surface area contributed by atoms with Gasteiger partial charge in [0, 0.05) is 11.6 Å². The van der Waals surface area contributed by atoms with Gasteiger partial charge in [-0.15, -0.1) is 11.6 Å². The molecule has 2 aliphatic heterocycles. The molecule has 10 heteroatoms. The number of benzene rings is 3. The topological polar surface area (TPSA) is 107 Å². The van der Waals surface area contributed by atoms with E-state index in [2.05, 4.69) is 0 Å². The zero-order valence-corrected chi connectivity index (χ0v) is 22.8. The summed E-state index contributed by atoms with van der Waals surface area (Å²) in [5, 5.41) is 0. The van der Waals surface area contributed by atoms with Crippen molar-refractivity contribution in [1.82, 2.24) is 0 Å². The number of alkyl halides is 1. The van der Waals surface area contributed by atoms with Crippen LogP contribution in [0, 0.1) is 0 Å². The third kappa shape index (κ3) is 6.70. The molecule has 0 N–H and O–H groups in total. The molecule has 0 spiro atoms. The van der Waals surface area contributed by atoms with E-state index in [9.17, 15) is 14.4 Å². The fraction of sp³-hybridized carbons (Fsp3) is 0.258. The molecule has 0 aliphatic carbocycles. The Kier molecular flexibility index (Phi) is 8.86. The van der Waals surface area contributed by atoms with Crippen molar-refractivity contribution >= 4 is 35.1 Å². The Bertz CT molecular complexity index is 1420. The first-order valence-corrected chi connectivity index (χ1v) is 13.5. The number of esters is 3. The quantitative estimate of drug-likeness (QED) is 0.211. The number of rotatable bonds is 8. The number of halogens is 1. The van der Waals surface area contributed by atoms with Crippen LogP contribution in [-0.4, -0.2) is 61.6 Å². The van der Waals surface area contributed by atoms with Gasteiger partial charge >= 0.3 is 17.9 Å². The maximum Gasteiger partial charge on any atom is 0.338 e. The van der Waals surface area contributed by atoms with Gasteiger partial charge in [0.05, 0.1) is 17.7 Å². The van der Waals surface area contributed by atoms with Crippen molar-refractivity contribution in [3.8, 4) is 11.5 Å². The normalized spacial score (nSPS) is 21.4. The molecule has 0 unspecified atom stereocenters. The van der Waals surface area contributed by atoms with Gasteiger partial charge in [-0.2, -0.15) is 0 Å². The number of hydrogen-bond donors (Lipinski definition) is 0. The first kappa shape index (κ1) is 28.2. The van der Waals surface area contributed by atoms with Crippen molar-refractivity contribution in [2.75, 3.05) is 19.1 Å². The third-order valence-electron chi connectivity index (χ3n) is 6.54. The van der Waals surface area contributed by atoms with Crippen LogP contribution in [0.15, 0.2) is 84.9 Å². The fourth-order valence-corrected chi connectivity index (χ4v) is 4.53. The Morgan fingerprint density at radius 2 is 1.49 bits per heavy atom. The van der Waals surface area contributed by atoms with Gasteiger partial charge in [0.1, 0.15) is 24.0 Å². The van der Waals surface area contributed by atoms with Gasteiger partial charge in [0.15, 0.2) is 12.2 Å². The van der Waals surface area contributed by atoms with Crippen molar-refractivity contribution < 1.29 is 42.8 Å². The molecule has 212 valence electrons. The van der Waals surface area contributed by atoms with E-state index >= 15 is 0 Å².